The van der Waals surface area contributed by atoms with Gasteiger partial charge in [-0.05, 0) is 54.9 Å². The molecule has 0 saturated heterocycles. The molecule has 0 radical (unpaired) electrons. The lowest BCUT2D eigenvalue weighted by atomic mass is 9.85. The van der Waals surface area contributed by atoms with Crippen molar-refractivity contribution in [3.05, 3.63) is 35.4 Å². The van der Waals surface area contributed by atoms with Crippen molar-refractivity contribution in [3.8, 4) is 0 Å². The first-order valence-electron chi connectivity index (χ1n) is 6.88. The molecule has 2 saturated carbocycles. The lowest BCUT2D eigenvalue weighted by Crippen LogP contribution is -2.33. The number of halogens is 2. The second kappa shape index (κ2) is 4.91. The van der Waals surface area contributed by atoms with Crippen molar-refractivity contribution >= 4 is 5.91 Å². The lowest BCUT2D eigenvalue weighted by Gasteiger charge is -2.25. The van der Waals surface area contributed by atoms with Crippen LogP contribution >= 0.6 is 0 Å². The molecule has 2 nitrogen and oxygen atoms in total. The van der Waals surface area contributed by atoms with Gasteiger partial charge in [0.2, 0.25) is 5.91 Å². The summed E-state index contributed by atoms with van der Waals surface area (Å²) in [6.45, 7) is 0.730. The topological polar surface area (TPSA) is 29.1 Å². The molecule has 3 rings (SSSR count). The number of hydrogen-bond acceptors (Lipinski definition) is 1. The fourth-order valence-electron chi connectivity index (χ4n) is 2.70. The Bertz CT molecular complexity index is 499. The highest BCUT2D eigenvalue weighted by Crippen LogP contribution is 2.48. The standard InChI is InChI=1S/C15H17F2NO/c16-10-4-5-14(17)12(6-10)11-7-13(11)15(19)18-8-9-2-1-3-9/h4-6,9,11,13H,1-3,7-8H2,(H,18,19)/t11-,13+/m1/s1. The third-order valence-electron chi connectivity index (χ3n) is 4.27. The van der Waals surface area contributed by atoms with Crippen LogP contribution < -0.4 is 5.32 Å². The molecule has 1 N–H and O–H groups in total. The number of carbonyl (C=O) groups is 1. The third-order valence-corrected chi connectivity index (χ3v) is 4.27. The van der Waals surface area contributed by atoms with E-state index in [0.29, 0.717) is 17.9 Å². The Balaban J connectivity index is 1.57. The largest absolute Gasteiger partial charge is 0.356 e. The van der Waals surface area contributed by atoms with Crippen LogP contribution in [-0.2, 0) is 4.79 Å². The van der Waals surface area contributed by atoms with Crippen LogP contribution in [0.3, 0.4) is 0 Å². The van der Waals surface area contributed by atoms with E-state index in [1.54, 1.807) is 0 Å². The number of amides is 1. The SMILES string of the molecule is O=C(NCC1CCC1)[C@H]1C[C@@H]1c1cc(F)ccc1F. The van der Waals surface area contributed by atoms with Gasteiger partial charge in [0.25, 0.3) is 0 Å². The molecule has 0 bridgehead atoms. The summed E-state index contributed by atoms with van der Waals surface area (Å²) in [5, 5.41) is 2.93. The summed E-state index contributed by atoms with van der Waals surface area (Å²) in [5.74, 6) is -0.598. The normalized spacial score (nSPS) is 25.8. The molecular weight excluding hydrogens is 248 g/mol. The first-order valence-corrected chi connectivity index (χ1v) is 6.88. The second-order valence-electron chi connectivity index (χ2n) is 5.66. The zero-order valence-corrected chi connectivity index (χ0v) is 10.7. The molecule has 2 atom stereocenters. The predicted molar refractivity (Wildman–Crippen MR) is 67.6 cm³/mol. The van der Waals surface area contributed by atoms with Gasteiger partial charge >= 0.3 is 0 Å². The summed E-state index contributed by atoms with van der Waals surface area (Å²) in [7, 11) is 0. The van der Waals surface area contributed by atoms with E-state index >= 15 is 0 Å². The second-order valence-corrected chi connectivity index (χ2v) is 5.66. The number of hydrogen-bond donors (Lipinski definition) is 1. The van der Waals surface area contributed by atoms with Gasteiger partial charge in [-0.25, -0.2) is 8.78 Å². The molecule has 0 unspecified atom stereocenters. The molecule has 1 amide bonds. The van der Waals surface area contributed by atoms with Gasteiger partial charge in [-0.2, -0.15) is 0 Å². The van der Waals surface area contributed by atoms with Gasteiger partial charge in [0.05, 0.1) is 0 Å². The van der Waals surface area contributed by atoms with Gasteiger partial charge in [-0.3, -0.25) is 4.79 Å². The van der Waals surface area contributed by atoms with E-state index in [2.05, 4.69) is 5.32 Å². The minimum Gasteiger partial charge on any atom is -0.356 e. The van der Waals surface area contributed by atoms with Gasteiger partial charge in [0, 0.05) is 12.5 Å². The van der Waals surface area contributed by atoms with Crippen LogP contribution in [0.1, 0.15) is 37.2 Å². The van der Waals surface area contributed by atoms with Gasteiger partial charge in [0.15, 0.2) is 0 Å². The van der Waals surface area contributed by atoms with Gasteiger partial charge in [0.1, 0.15) is 11.6 Å². The third kappa shape index (κ3) is 2.62. The summed E-state index contributed by atoms with van der Waals surface area (Å²) < 4.78 is 26.7. The van der Waals surface area contributed by atoms with Crippen LogP contribution in [0.5, 0.6) is 0 Å². The Labute approximate surface area is 111 Å². The average Bonchev–Trinajstić information content (AvgIpc) is 3.10. The molecule has 0 heterocycles. The molecule has 4 heteroatoms. The predicted octanol–water partition coefficient (Wildman–Crippen LogP) is 2.98. The van der Waals surface area contributed by atoms with E-state index in [0.717, 1.165) is 18.7 Å². The molecule has 1 aromatic rings. The Kier molecular flexibility index (Phi) is 3.25. The fourth-order valence-corrected chi connectivity index (χ4v) is 2.70. The van der Waals surface area contributed by atoms with Crippen molar-refractivity contribution in [3.63, 3.8) is 0 Å². The first-order chi connectivity index (χ1) is 9.15. The van der Waals surface area contributed by atoms with E-state index in [1.165, 1.54) is 25.3 Å². The summed E-state index contributed by atoms with van der Waals surface area (Å²) in [6, 6.07) is 3.44. The molecule has 19 heavy (non-hydrogen) atoms. The molecular formula is C15H17F2NO. The summed E-state index contributed by atoms with van der Waals surface area (Å²) >= 11 is 0. The van der Waals surface area contributed by atoms with Crippen LogP contribution in [-0.4, -0.2) is 12.5 Å². The van der Waals surface area contributed by atoms with Crippen molar-refractivity contribution in [1.82, 2.24) is 5.32 Å². The van der Waals surface area contributed by atoms with Crippen molar-refractivity contribution < 1.29 is 13.6 Å². The molecule has 2 fully saturated rings. The Morgan fingerprint density at radius 1 is 1.32 bits per heavy atom. The number of benzene rings is 1. The number of nitrogens with one attached hydrogen (secondary N) is 1. The Morgan fingerprint density at radius 3 is 2.79 bits per heavy atom. The smallest absolute Gasteiger partial charge is 0.223 e. The highest BCUT2D eigenvalue weighted by molar-refractivity contribution is 5.82. The molecule has 1 aromatic carbocycles. The van der Waals surface area contributed by atoms with Crippen LogP contribution in [0.4, 0.5) is 8.78 Å². The van der Waals surface area contributed by atoms with Gasteiger partial charge in [-0.1, -0.05) is 6.42 Å². The summed E-state index contributed by atoms with van der Waals surface area (Å²) in [5.41, 5.74) is 0.337. The average molecular weight is 265 g/mol. The minimum atomic E-state index is -0.447. The van der Waals surface area contributed by atoms with Crippen molar-refractivity contribution in [2.24, 2.45) is 11.8 Å². The fraction of sp³-hybridized carbons (Fsp3) is 0.533. The van der Waals surface area contributed by atoms with Crippen molar-refractivity contribution in [2.45, 2.75) is 31.6 Å². The van der Waals surface area contributed by atoms with Crippen molar-refractivity contribution in [2.75, 3.05) is 6.54 Å². The summed E-state index contributed by atoms with van der Waals surface area (Å²) in [6.07, 6.45) is 4.25. The lowest BCUT2D eigenvalue weighted by molar-refractivity contribution is -0.122. The van der Waals surface area contributed by atoms with Crippen LogP contribution in [0.25, 0.3) is 0 Å². The molecule has 0 aliphatic heterocycles. The van der Waals surface area contributed by atoms with E-state index in [1.807, 2.05) is 0 Å². The molecule has 2 aliphatic rings. The maximum Gasteiger partial charge on any atom is 0.223 e. The Hall–Kier alpha value is -1.45. The number of carbonyl (C=O) groups excluding carboxylic acids is 1. The number of rotatable bonds is 4. The Morgan fingerprint density at radius 2 is 2.11 bits per heavy atom. The molecule has 2 aliphatic carbocycles. The van der Waals surface area contributed by atoms with E-state index in [4.69, 9.17) is 0 Å². The van der Waals surface area contributed by atoms with E-state index in [-0.39, 0.29) is 17.7 Å². The molecule has 0 spiro atoms. The summed E-state index contributed by atoms with van der Waals surface area (Å²) in [4.78, 5) is 11.9. The van der Waals surface area contributed by atoms with Crippen molar-refractivity contribution in [1.29, 1.82) is 0 Å². The zero-order chi connectivity index (χ0) is 13.4. The van der Waals surface area contributed by atoms with Crippen LogP contribution in [0, 0.1) is 23.5 Å². The highest BCUT2D eigenvalue weighted by atomic mass is 19.1. The minimum absolute atomic E-state index is 0.0134. The van der Waals surface area contributed by atoms with Crippen LogP contribution in [0.2, 0.25) is 0 Å². The maximum absolute atomic E-state index is 13.6. The monoisotopic (exact) mass is 265 g/mol. The first kappa shape index (κ1) is 12.6. The molecule has 102 valence electrons. The van der Waals surface area contributed by atoms with E-state index < -0.39 is 11.6 Å². The molecule has 0 aromatic heterocycles. The van der Waals surface area contributed by atoms with E-state index in [9.17, 15) is 13.6 Å². The van der Waals surface area contributed by atoms with Gasteiger partial charge < -0.3 is 5.32 Å². The van der Waals surface area contributed by atoms with Crippen LogP contribution in [0.15, 0.2) is 18.2 Å². The van der Waals surface area contributed by atoms with Gasteiger partial charge in [-0.15, -0.1) is 0 Å². The maximum atomic E-state index is 13.6. The quantitative estimate of drug-likeness (QED) is 0.891. The zero-order valence-electron chi connectivity index (χ0n) is 10.7. The highest BCUT2D eigenvalue weighted by Gasteiger charge is 2.45.